The van der Waals surface area contributed by atoms with E-state index in [4.69, 9.17) is 4.52 Å². The number of hydrogen-bond donors (Lipinski definition) is 0. The van der Waals surface area contributed by atoms with Gasteiger partial charge in [-0.2, -0.15) is 4.98 Å². The molecule has 1 aliphatic rings. The first-order chi connectivity index (χ1) is 12.1. The lowest BCUT2D eigenvalue weighted by atomic mass is 10.2. The van der Waals surface area contributed by atoms with E-state index in [2.05, 4.69) is 20.5 Å². The second-order valence-corrected chi connectivity index (χ2v) is 5.93. The molecule has 0 radical (unpaired) electrons. The third kappa shape index (κ3) is 3.00. The van der Waals surface area contributed by atoms with Gasteiger partial charge in [0.15, 0.2) is 11.5 Å². The number of rotatable bonds is 3. The topological polar surface area (TPSA) is 89.9 Å². The van der Waals surface area contributed by atoms with Crippen LogP contribution in [0, 0.1) is 12.7 Å². The Hall–Kier alpha value is -3.10. The number of amides is 1. The van der Waals surface area contributed by atoms with Crippen LogP contribution in [-0.2, 0) is 0 Å². The quantitative estimate of drug-likeness (QED) is 0.722. The SMILES string of the molecule is Cc1noc(-c2cn(C3CCN(C(=O)c4ccc(F)cc4)C3)nn2)n1. The molecule has 1 saturated heterocycles. The van der Waals surface area contributed by atoms with Gasteiger partial charge >= 0.3 is 0 Å². The van der Waals surface area contributed by atoms with Gasteiger partial charge in [-0.15, -0.1) is 5.10 Å². The van der Waals surface area contributed by atoms with Crippen LogP contribution in [0.15, 0.2) is 35.0 Å². The average Bonchev–Trinajstić information content (AvgIpc) is 3.34. The third-order valence-electron chi connectivity index (χ3n) is 4.17. The molecule has 1 unspecified atom stereocenters. The Balaban J connectivity index is 1.46. The summed E-state index contributed by atoms with van der Waals surface area (Å²) in [6.07, 6.45) is 2.50. The number of carbonyl (C=O) groups is 1. The summed E-state index contributed by atoms with van der Waals surface area (Å²) in [5.74, 6) is 0.375. The maximum Gasteiger partial charge on any atom is 0.280 e. The summed E-state index contributed by atoms with van der Waals surface area (Å²) in [6.45, 7) is 2.85. The summed E-state index contributed by atoms with van der Waals surface area (Å²) in [5.41, 5.74) is 0.978. The van der Waals surface area contributed by atoms with E-state index in [0.717, 1.165) is 6.42 Å². The summed E-state index contributed by atoms with van der Waals surface area (Å²) in [5, 5.41) is 11.9. The highest BCUT2D eigenvalue weighted by atomic mass is 19.1. The van der Waals surface area contributed by atoms with Crippen LogP contribution < -0.4 is 0 Å². The highest BCUT2D eigenvalue weighted by Gasteiger charge is 2.29. The van der Waals surface area contributed by atoms with Gasteiger partial charge in [-0.1, -0.05) is 10.4 Å². The molecular formula is C16H15FN6O2. The van der Waals surface area contributed by atoms with Crippen molar-refractivity contribution >= 4 is 5.91 Å². The predicted octanol–water partition coefficient (Wildman–Crippen LogP) is 1.86. The van der Waals surface area contributed by atoms with Crippen molar-refractivity contribution in [1.29, 1.82) is 0 Å². The van der Waals surface area contributed by atoms with Crippen LogP contribution in [0.1, 0.15) is 28.6 Å². The number of likely N-dealkylation sites (tertiary alicyclic amines) is 1. The van der Waals surface area contributed by atoms with Gasteiger partial charge in [0, 0.05) is 18.7 Å². The van der Waals surface area contributed by atoms with Crippen molar-refractivity contribution in [1.82, 2.24) is 30.0 Å². The molecule has 0 bridgehead atoms. The fourth-order valence-corrected chi connectivity index (χ4v) is 2.87. The van der Waals surface area contributed by atoms with Gasteiger partial charge in [0.25, 0.3) is 11.8 Å². The molecule has 0 aliphatic carbocycles. The lowest BCUT2D eigenvalue weighted by molar-refractivity contribution is 0.0787. The third-order valence-corrected chi connectivity index (χ3v) is 4.17. The molecular weight excluding hydrogens is 327 g/mol. The zero-order chi connectivity index (χ0) is 17.4. The lowest BCUT2D eigenvalue weighted by Gasteiger charge is -2.16. The van der Waals surface area contributed by atoms with Crippen LogP contribution in [0.2, 0.25) is 0 Å². The van der Waals surface area contributed by atoms with Crippen LogP contribution in [0.4, 0.5) is 4.39 Å². The molecule has 2 aromatic heterocycles. The Morgan fingerprint density at radius 2 is 2.12 bits per heavy atom. The monoisotopic (exact) mass is 342 g/mol. The first-order valence-corrected chi connectivity index (χ1v) is 7.87. The van der Waals surface area contributed by atoms with Crippen molar-refractivity contribution in [3.05, 3.63) is 47.7 Å². The van der Waals surface area contributed by atoms with Gasteiger partial charge in [-0.3, -0.25) is 4.79 Å². The summed E-state index contributed by atoms with van der Waals surface area (Å²) in [4.78, 5) is 18.3. The Morgan fingerprint density at radius 3 is 2.84 bits per heavy atom. The smallest absolute Gasteiger partial charge is 0.280 e. The molecule has 0 saturated carbocycles. The zero-order valence-corrected chi connectivity index (χ0v) is 13.5. The first-order valence-electron chi connectivity index (χ1n) is 7.87. The maximum absolute atomic E-state index is 13.0. The molecule has 128 valence electrons. The molecule has 1 aliphatic heterocycles. The number of hydrogen-bond acceptors (Lipinski definition) is 6. The summed E-state index contributed by atoms with van der Waals surface area (Å²) in [7, 11) is 0. The van der Waals surface area contributed by atoms with E-state index < -0.39 is 0 Å². The Morgan fingerprint density at radius 1 is 1.32 bits per heavy atom. The van der Waals surface area contributed by atoms with E-state index in [1.165, 1.54) is 24.3 Å². The Kier molecular flexibility index (Phi) is 3.75. The number of benzene rings is 1. The molecule has 1 fully saturated rings. The van der Waals surface area contributed by atoms with E-state index >= 15 is 0 Å². The van der Waals surface area contributed by atoms with E-state index in [-0.39, 0.29) is 17.8 Å². The molecule has 0 N–H and O–H groups in total. The molecule has 8 nitrogen and oxygen atoms in total. The highest BCUT2D eigenvalue weighted by Crippen LogP contribution is 2.24. The van der Waals surface area contributed by atoms with Gasteiger partial charge in [0.05, 0.1) is 12.2 Å². The summed E-state index contributed by atoms with van der Waals surface area (Å²) >= 11 is 0. The van der Waals surface area contributed by atoms with Crippen molar-refractivity contribution in [3.63, 3.8) is 0 Å². The van der Waals surface area contributed by atoms with E-state index in [1.807, 2.05) is 0 Å². The minimum absolute atomic E-state index is 0.0228. The van der Waals surface area contributed by atoms with Crippen molar-refractivity contribution < 1.29 is 13.7 Å². The van der Waals surface area contributed by atoms with Gasteiger partial charge in [-0.25, -0.2) is 9.07 Å². The van der Waals surface area contributed by atoms with Crippen molar-refractivity contribution in [2.45, 2.75) is 19.4 Å². The minimum Gasteiger partial charge on any atom is -0.336 e. The van der Waals surface area contributed by atoms with E-state index in [0.29, 0.717) is 36.1 Å². The molecule has 25 heavy (non-hydrogen) atoms. The van der Waals surface area contributed by atoms with Gasteiger partial charge < -0.3 is 9.42 Å². The zero-order valence-electron chi connectivity index (χ0n) is 13.5. The number of nitrogens with zero attached hydrogens (tertiary/aromatic N) is 6. The molecule has 1 atom stereocenters. The number of halogens is 1. The van der Waals surface area contributed by atoms with Crippen LogP contribution in [0.5, 0.6) is 0 Å². The van der Waals surface area contributed by atoms with Gasteiger partial charge in [0.1, 0.15) is 5.82 Å². The summed E-state index contributed by atoms with van der Waals surface area (Å²) < 4.78 is 19.8. The first kappa shape index (κ1) is 15.4. The fraction of sp³-hybridized carbons (Fsp3) is 0.312. The number of aryl methyl sites for hydroxylation is 1. The molecule has 3 aromatic rings. The second-order valence-electron chi connectivity index (χ2n) is 5.93. The minimum atomic E-state index is -0.359. The molecule has 4 rings (SSSR count). The highest BCUT2D eigenvalue weighted by molar-refractivity contribution is 5.94. The summed E-state index contributed by atoms with van der Waals surface area (Å²) in [6, 6.07) is 5.59. The van der Waals surface area contributed by atoms with Crippen LogP contribution >= 0.6 is 0 Å². The molecule has 1 aromatic carbocycles. The Bertz CT molecular complexity index is 904. The van der Waals surface area contributed by atoms with Crippen LogP contribution in [-0.4, -0.2) is 49.0 Å². The Labute approximate surface area is 142 Å². The maximum atomic E-state index is 13.0. The normalized spacial score (nSPS) is 17.2. The number of carbonyl (C=O) groups excluding carboxylic acids is 1. The molecule has 0 spiro atoms. The second kappa shape index (κ2) is 6.08. The van der Waals surface area contributed by atoms with Crippen LogP contribution in [0.25, 0.3) is 11.6 Å². The van der Waals surface area contributed by atoms with Crippen LogP contribution in [0.3, 0.4) is 0 Å². The molecule has 3 heterocycles. The lowest BCUT2D eigenvalue weighted by Crippen LogP contribution is -2.29. The standard InChI is InChI=1S/C16H15FN6O2/c1-10-18-15(25-20-10)14-9-23(21-19-14)13-6-7-22(8-13)16(24)11-2-4-12(17)5-3-11/h2-5,9,13H,6-8H2,1H3. The average molecular weight is 342 g/mol. The fourth-order valence-electron chi connectivity index (χ4n) is 2.87. The van der Waals surface area contributed by atoms with E-state index in [9.17, 15) is 9.18 Å². The largest absolute Gasteiger partial charge is 0.336 e. The predicted molar refractivity (Wildman–Crippen MR) is 84.0 cm³/mol. The molecule has 9 heteroatoms. The van der Waals surface area contributed by atoms with Crippen molar-refractivity contribution in [2.24, 2.45) is 0 Å². The van der Waals surface area contributed by atoms with Gasteiger partial charge in [0.2, 0.25) is 0 Å². The van der Waals surface area contributed by atoms with E-state index in [1.54, 1.807) is 22.7 Å². The van der Waals surface area contributed by atoms with Gasteiger partial charge in [-0.05, 0) is 37.6 Å². The molecule has 1 amide bonds. The van der Waals surface area contributed by atoms with Crippen molar-refractivity contribution in [2.75, 3.05) is 13.1 Å². The van der Waals surface area contributed by atoms with Crippen molar-refractivity contribution in [3.8, 4) is 11.6 Å². The number of aromatic nitrogens is 5.